The summed E-state index contributed by atoms with van der Waals surface area (Å²) >= 11 is 0. The highest BCUT2D eigenvalue weighted by atomic mass is 16.5. The van der Waals surface area contributed by atoms with Gasteiger partial charge in [0, 0.05) is 43.1 Å². The fourth-order valence-electron chi connectivity index (χ4n) is 4.12. The molecule has 11 heteroatoms. The van der Waals surface area contributed by atoms with Gasteiger partial charge in [-0.3, -0.25) is 14.5 Å². The van der Waals surface area contributed by atoms with Crippen molar-refractivity contribution in [1.82, 2.24) is 39.8 Å². The van der Waals surface area contributed by atoms with E-state index in [4.69, 9.17) is 15.2 Å². The fourth-order valence-corrected chi connectivity index (χ4v) is 4.12. The molecular formula is C25H27N9O2. The number of nitrogens with zero attached hydrogens (tertiary/aromatic N) is 8. The largest absolute Gasteiger partial charge is 0.368 e. The van der Waals surface area contributed by atoms with Crippen LogP contribution in [0, 0.1) is 5.92 Å². The molecule has 4 heterocycles. The number of likely N-dealkylation sites (N-methyl/N-ethyl adjacent to an activating group) is 1. The third-order valence-corrected chi connectivity index (χ3v) is 6.74. The second-order valence-electron chi connectivity index (χ2n) is 9.28. The molecule has 1 fully saturated rings. The maximum absolute atomic E-state index is 12.3. The van der Waals surface area contributed by atoms with Gasteiger partial charge < -0.3 is 15.2 Å². The van der Waals surface area contributed by atoms with Crippen molar-refractivity contribution in [1.29, 1.82) is 0 Å². The van der Waals surface area contributed by atoms with E-state index in [0.29, 0.717) is 28.9 Å². The summed E-state index contributed by atoms with van der Waals surface area (Å²) in [6.45, 7) is 7.78. The van der Waals surface area contributed by atoms with E-state index >= 15 is 0 Å². The van der Waals surface area contributed by atoms with E-state index in [0.717, 1.165) is 29.7 Å². The summed E-state index contributed by atoms with van der Waals surface area (Å²) < 4.78 is 7.18. The lowest BCUT2D eigenvalue weighted by atomic mass is 9.77. The molecule has 0 aliphatic heterocycles. The van der Waals surface area contributed by atoms with E-state index in [1.54, 1.807) is 43.4 Å². The van der Waals surface area contributed by atoms with Gasteiger partial charge in [-0.25, -0.2) is 9.97 Å². The molecule has 5 rings (SSSR count). The minimum Gasteiger partial charge on any atom is -0.368 e. The third kappa shape index (κ3) is 4.35. The molecule has 11 nitrogen and oxygen atoms in total. The third-order valence-electron chi connectivity index (χ3n) is 6.74. The zero-order valence-electron chi connectivity index (χ0n) is 20.4. The number of amides is 1. The van der Waals surface area contributed by atoms with E-state index < -0.39 is 5.41 Å². The average Bonchev–Trinajstić information content (AvgIpc) is 3.44. The Morgan fingerprint density at radius 1 is 1.19 bits per heavy atom. The number of carbonyl (C=O) groups is 1. The molecule has 36 heavy (non-hydrogen) atoms. The molecule has 0 saturated heterocycles. The Labute approximate surface area is 208 Å². The first-order valence-electron chi connectivity index (χ1n) is 11.6. The topological polar surface area (TPSA) is 142 Å². The first-order valence-corrected chi connectivity index (χ1v) is 11.6. The molecule has 184 valence electrons. The Balaban J connectivity index is 1.38. The van der Waals surface area contributed by atoms with Crippen molar-refractivity contribution in [3.05, 3.63) is 66.8 Å². The van der Waals surface area contributed by atoms with Gasteiger partial charge in [-0.15, -0.1) is 0 Å². The van der Waals surface area contributed by atoms with Crippen molar-refractivity contribution in [2.45, 2.75) is 38.6 Å². The van der Waals surface area contributed by atoms with E-state index in [1.807, 2.05) is 18.3 Å². The maximum Gasteiger partial charge on any atom is 0.261 e. The highest BCUT2D eigenvalue weighted by Gasteiger charge is 2.47. The lowest BCUT2D eigenvalue weighted by Gasteiger charge is -2.26. The molecule has 0 bridgehead atoms. The number of aromatic nitrogens is 7. The minimum absolute atomic E-state index is 0.0845. The first kappa shape index (κ1) is 23.3. The SMILES string of the molecule is C=C(C)N(C)C(=O)Cn1cc(-c2nc([C@@](C)(c3ccc(-c4cnc(N)nc4)nc3)C3CC3)no2)cn1. The van der Waals surface area contributed by atoms with Crippen molar-refractivity contribution in [2.24, 2.45) is 5.92 Å². The highest BCUT2D eigenvalue weighted by Crippen LogP contribution is 2.50. The van der Waals surface area contributed by atoms with Crippen LogP contribution < -0.4 is 5.73 Å². The van der Waals surface area contributed by atoms with Gasteiger partial charge in [0.15, 0.2) is 5.82 Å². The number of pyridine rings is 1. The Hall–Kier alpha value is -4.41. The van der Waals surface area contributed by atoms with Gasteiger partial charge in [-0.05, 0) is 44.2 Å². The summed E-state index contributed by atoms with van der Waals surface area (Å²) in [6.07, 6.45) is 10.6. The molecule has 4 aromatic heterocycles. The van der Waals surface area contributed by atoms with Crippen molar-refractivity contribution < 1.29 is 9.32 Å². The predicted octanol–water partition coefficient (Wildman–Crippen LogP) is 3.08. The van der Waals surface area contributed by atoms with Gasteiger partial charge >= 0.3 is 0 Å². The van der Waals surface area contributed by atoms with Crippen molar-refractivity contribution in [3.63, 3.8) is 0 Å². The van der Waals surface area contributed by atoms with Gasteiger partial charge in [0.1, 0.15) is 6.54 Å². The van der Waals surface area contributed by atoms with Gasteiger partial charge in [-0.1, -0.05) is 17.8 Å². The fraction of sp³-hybridized carbons (Fsp3) is 0.320. The lowest BCUT2D eigenvalue weighted by molar-refractivity contribution is -0.128. The molecular weight excluding hydrogens is 458 g/mol. The smallest absolute Gasteiger partial charge is 0.261 e. The second-order valence-corrected chi connectivity index (χ2v) is 9.28. The Morgan fingerprint density at radius 3 is 2.58 bits per heavy atom. The predicted molar refractivity (Wildman–Crippen MR) is 132 cm³/mol. The highest BCUT2D eigenvalue weighted by molar-refractivity contribution is 5.77. The monoisotopic (exact) mass is 485 g/mol. The van der Waals surface area contributed by atoms with Crippen LogP contribution in [0.4, 0.5) is 5.95 Å². The minimum atomic E-state index is -0.457. The number of hydrogen-bond donors (Lipinski definition) is 1. The van der Waals surface area contributed by atoms with Crippen molar-refractivity contribution in [2.75, 3.05) is 12.8 Å². The average molecular weight is 486 g/mol. The van der Waals surface area contributed by atoms with Crippen LogP contribution >= 0.6 is 0 Å². The number of nitrogens with two attached hydrogens (primary N) is 1. The number of anilines is 1. The quantitative estimate of drug-likeness (QED) is 0.398. The molecule has 1 aliphatic carbocycles. The van der Waals surface area contributed by atoms with Gasteiger partial charge in [0.25, 0.3) is 5.89 Å². The van der Waals surface area contributed by atoms with E-state index in [-0.39, 0.29) is 18.4 Å². The van der Waals surface area contributed by atoms with Crippen molar-refractivity contribution in [3.8, 4) is 22.7 Å². The van der Waals surface area contributed by atoms with Crippen LogP contribution in [-0.2, 0) is 16.8 Å². The molecule has 0 radical (unpaired) electrons. The van der Waals surface area contributed by atoms with E-state index in [9.17, 15) is 4.79 Å². The summed E-state index contributed by atoms with van der Waals surface area (Å²) in [5.74, 6) is 1.43. The molecule has 1 aliphatic rings. The number of nitrogen functional groups attached to an aromatic ring is 1. The van der Waals surface area contributed by atoms with E-state index in [2.05, 4.69) is 38.7 Å². The number of hydrogen-bond acceptors (Lipinski definition) is 9. The standard InChI is InChI=1S/C25H27N9O2/c1-15(2)33(4)21(35)14-34-13-17(11-30-34)22-31-23(32-36-22)25(3,18-5-6-18)19-7-8-20(27-12-19)16-9-28-24(26)29-10-16/h7-13,18H,1,5-6,14H2,2-4H3,(H2,26,28,29)/t25-/m1/s1. The van der Waals surface area contributed by atoms with Crippen LogP contribution in [0.25, 0.3) is 22.7 Å². The second kappa shape index (κ2) is 8.99. The van der Waals surface area contributed by atoms with Gasteiger partial charge in [0.2, 0.25) is 11.9 Å². The maximum atomic E-state index is 12.3. The molecule has 4 aromatic rings. The Bertz CT molecular complexity index is 1400. The summed E-state index contributed by atoms with van der Waals surface area (Å²) in [7, 11) is 1.68. The number of allylic oxidation sites excluding steroid dienone is 1. The summed E-state index contributed by atoms with van der Waals surface area (Å²) in [5.41, 5.74) is 8.99. The van der Waals surface area contributed by atoms with Crippen LogP contribution in [0.15, 0.2) is 59.9 Å². The molecule has 0 unspecified atom stereocenters. The molecule has 1 saturated carbocycles. The molecule has 1 amide bonds. The van der Waals surface area contributed by atoms with Crippen LogP contribution in [0.3, 0.4) is 0 Å². The number of rotatable bonds is 8. The van der Waals surface area contributed by atoms with Crippen LogP contribution in [0.1, 0.15) is 38.1 Å². The molecule has 0 aromatic carbocycles. The summed E-state index contributed by atoms with van der Waals surface area (Å²) in [5, 5.41) is 8.62. The summed E-state index contributed by atoms with van der Waals surface area (Å²) in [4.78, 5) is 31.3. The van der Waals surface area contributed by atoms with Crippen molar-refractivity contribution >= 4 is 11.9 Å². The summed E-state index contributed by atoms with van der Waals surface area (Å²) in [6, 6.07) is 3.98. The lowest BCUT2D eigenvalue weighted by Crippen LogP contribution is -2.28. The first-order chi connectivity index (χ1) is 17.3. The van der Waals surface area contributed by atoms with Crippen LogP contribution in [0.2, 0.25) is 0 Å². The molecule has 1 atom stereocenters. The normalized spacial score (nSPS) is 14.9. The Kier molecular flexibility index (Phi) is 5.83. The van der Waals surface area contributed by atoms with Gasteiger partial charge in [-0.2, -0.15) is 10.1 Å². The zero-order valence-corrected chi connectivity index (χ0v) is 20.4. The van der Waals surface area contributed by atoms with E-state index in [1.165, 1.54) is 4.90 Å². The van der Waals surface area contributed by atoms with Crippen LogP contribution in [0.5, 0.6) is 0 Å². The van der Waals surface area contributed by atoms with Gasteiger partial charge in [0.05, 0.1) is 22.9 Å². The number of carbonyl (C=O) groups excluding carboxylic acids is 1. The zero-order chi connectivity index (χ0) is 25.4. The molecule has 2 N–H and O–H groups in total. The molecule has 0 spiro atoms. The Morgan fingerprint density at radius 2 is 1.94 bits per heavy atom. The van der Waals surface area contributed by atoms with Crippen LogP contribution in [-0.4, -0.2) is 52.7 Å².